The van der Waals surface area contributed by atoms with E-state index in [1.54, 1.807) is 6.07 Å². The van der Waals surface area contributed by atoms with Crippen molar-refractivity contribution >= 4 is 27.5 Å². The number of benzene rings is 1. The van der Waals surface area contributed by atoms with E-state index in [4.69, 9.17) is 16.0 Å². The molecular weight excluding hydrogens is 328 g/mol. The molecule has 118 valence electrons. The summed E-state index contributed by atoms with van der Waals surface area (Å²) in [6, 6.07) is 9.88. The Kier molecular flexibility index (Phi) is 5.23. The van der Waals surface area contributed by atoms with E-state index in [1.165, 1.54) is 19.2 Å². The molecule has 0 unspecified atom stereocenters. The van der Waals surface area contributed by atoms with Crippen molar-refractivity contribution in [3.8, 4) is 0 Å². The van der Waals surface area contributed by atoms with Crippen LogP contribution in [0.2, 0.25) is 5.02 Å². The Labute approximate surface area is 133 Å². The van der Waals surface area contributed by atoms with Crippen molar-refractivity contribution < 1.29 is 17.6 Å². The van der Waals surface area contributed by atoms with Crippen LogP contribution in [0.3, 0.4) is 0 Å². The fourth-order valence-corrected chi connectivity index (χ4v) is 2.65. The van der Waals surface area contributed by atoms with Crippen LogP contribution in [-0.4, -0.2) is 27.9 Å². The van der Waals surface area contributed by atoms with Crippen molar-refractivity contribution in [3.05, 3.63) is 52.7 Å². The summed E-state index contributed by atoms with van der Waals surface area (Å²) >= 11 is 5.88. The lowest BCUT2D eigenvalue weighted by Gasteiger charge is -2.04. The Morgan fingerprint density at radius 1 is 1.27 bits per heavy atom. The van der Waals surface area contributed by atoms with Gasteiger partial charge in [-0.2, -0.15) is 0 Å². The number of carbonyl (C=O) groups is 1. The summed E-state index contributed by atoms with van der Waals surface area (Å²) in [4.78, 5) is 11.9. The Balaban J connectivity index is 1.93. The highest BCUT2D eigenvalue weighted by atomic mass is 35.5. The van der Waals surface area contributed by atoms with E-state index >= 15 is 0 Å². The maximum Gasteiger partial charge on any atom is 0.287 e. The molecule has 0 aliphatic rings. The molecule has 6 nitrogen and oxygen atoms in total. The lowest BCUT2D eigenvalue weighted by molar-refractivity contribution is 0.0921. The van der Waals surface area contributed by atoms with Gasteiger partial charge in [0.05, 0.1) is 0 Å². The minimum Gasteiger partial charge on any atom is -0.438 e. The lowest BCUT2D eigenvalue weighted by Crippen LogP contribution is -2.25. The molecule has 1 amide bonds. The second kappa shape index (κ2) is 6.95. The minimum absolute atomic E-state index is 0.0556. The van der Waals surface area contributed by atoms with Gasteiger partial charge in [-0.05, 0) is 43.3 Å². The van der Waals surface area contributed by atoms with Gasteiger partial charge in [-0.15, -0.1) is 0 Å². The molecule has 0 saturated carbocycles. The fourth-order valence-electron chi connectivity index (χ4n) is 1.79. The average Bonchev–Trinajstić information content (AvgIpc) is 2.98. The van der Waals surface area contributed by atoms with Crippen LogP contribution in [0.1, 0.15) is 16.1 Å². The highest BCUT2D eigenvalue weighted by Gasteiger charge is 2.19. The molecule has 1 heterocycles. The number of amides is 1. The first-order valence-corrected chi connectivity index (χ1v) is 8.34. The fraction of sp³-hybridized carbons (Fsp3) is 0.214. The SMILES string of the molecule is CNS(=O)(=O)c1ccc(C(=O)NCCc2cccc(Cl)c2)o1. The van der Waals surface area contributed by atoms with Gasteiger partial charge in [0.1, 0.15) is 0 Å². The third-order valence-corrected chi connectivity index (χ3v) is 4.45. The van der Waals surface area contributed by atoms with Crippen LogP contribution in [0.15, 0.2) is 45.9 Å². The quantitative estimate of drug-likeness (QED) is 0.838. The first-order chi connectivity index (χ1) is 10.4. The summed E-state index contributed by atoms with van der Waals surface area (Å²) in [5, 5.41) is 3.00. The second-order valence-corrected chi connectivity index (χ2v) is 6.72. The molecule has 22 heavy (non-hydrogen) atoms. The van der Waals surface area contributed by atoms with Crippen molar-refractivity contribution in [2.24, 2.45) is 0 Å². The smallest absolute Gasteiger partial charge is 0.287 e. The van der Waals surface area contributed by atoms with Crippen LogP contribution in [0.25, 0.3) is 0 Å². The predicted octanol–water partition coefficient (Wildman–Crippen LogP) is 1.81. The molecule has 2 N–H and O–H groups in total. The molecule has 0 aliphatic carbocycles. The number of hydrogen-bond donors (Lipinski definition) is 2. The van der Waals surface area contributed by atoms with Crippen LogP contribution in [0.4, 0.5) is 0 Å². The van der Waals surface area contributed by atoms with Crippen LogP contribution < -0.4 is 10.0 Å². The molecule has 1 aromatic carbocycles. The molecule has 1 aromatic heterocycles. The number of halogens is 1. The second-order valence-electron chi connectivity index (χ2n) is 4.46. The van der Waals surface area contributed by atoms with Crippen molar-refractivity contribution in [1.29, 1.82) is 0 Å². The monoisotopic (exact) mass is 342 g/mol. The third kappa shape index (κ3) is 4.09. The van der Waals surface area contributed by atoms with Crippen LogP contribution in [0.5, 0.6) is 0 Å². The maximum absolute atomic E-state index is 11.9. The standard InChI is InChI=1S/C14H15ClN2O4S/c1-16-22(19,20)13-6-5-12(21-13)14(18)17-8-7-10-3-2-4-11(15)9-10/h2-6,9,16H,7-8H2,1H3,(H,17,18). The summed E-state index contributed by atoms with van der Waals surface area (Å²) in [6.45, 7) is 0.383. The molecule has 0 atom stereocenters. The number of sulfonamides is 1. The van der Waals surface area contributed by atoms with Gasteiger partial charge in [-0.1, -0.05) is 23.7 Å². The number of nitrogens with one attached hydrogen (secondary N) is 2. The first kappa shape index (κ1) is 16.5. The normalized spacial score (nSPS) is 11.4. The van der Waals surface area contributed by atoms with Crippen molar-refractivity contribution in [3.63, 3.8) is 0 Å². The Hall–Kier alpha value is -1.83. The molecule has 0 fully saturated rings. The molecular formula is C14H15ClN2O4S. The molecule has 0 saturated heterocycles. The maximum atomic E-state index is 11.9. The Morgan fingerprint density at radius 3 is 2.73 bits per heavy atom. The van der Waals surface area contributed by atoms with E-state index in [9.17, 15) is 13.2 Å². The van der Waals surface area contributed by atoms with Gasteiger partial charge in [0.2, 0.25) is 5.09 Å². The zero-order chi connectivity index (χ0) is 16.2. The molecule has 0 spiro atoms. The van der Waals surface area contributed by atoms with Crippen molar-refractivity contribution in [2.75, 3.05) is 13.6 Å². The van der Waals surface area contributed by atoms with E-state index < -0.39 is 15.9 Å². The zero-order valence-corrected chi connectivity index (χ0v) is 13.4. The highest BCUT2D eigenvalue weighted by Crippen LogP contribution is 2.13. The van der Waals surface area contributed by atoms with Gasteiger partial charge in [0.15, 0.2) is 5.76 Å². The van der Waals surface area contributed by atoms with Crippen molar-refractivity contribution in [2.45, 2.75) is 11.5 Å². The molecule has 0 bridgehead atoms. The van der Waals surface area contributed by atoms with E-state index in [0.29, 0.717) is 18.0 Å². The topological polar surface area (TPSA) is 88.4 Å². The Bertz CT molecular complexity index is 771. The molecule has 8 heteroatoms. The third-order valence-electron chi connectivity index (χ3n) is 2.93. The van der Waals surface area contributed by atoms with Crippen LogP contribution in [0, 0.1) is 0 Å². The van der Waals surface area contributed by atoms with Gasteiger partial charge < -0.3 is 9.73 Å². The van der Waals surface area contributed by atoms with Gasteiger partial charge in [0.25, 0.3) is 15.9 Å². The van der Waals surface area contributed by atoms with Crippen molar-refractivity contribution in [1.82, 2.24) is 10.0 Å². The van der Waals surface area contributed by atoms with E-state index in [1.807, 2.05) is 18.2 Å². The van der Waals surface area contributed by atoms with E-state index in [0.717, 1.165) is 5.56 Å². The summed E-state index contributed by atoms with van der Waals surface area (Å²) in [5.41, 5.74) is 0.991. The van der Waals surface area contributed by atoms with Gasteiger partial charge in [-0.25, -0.2) is 13.1 Å². The summed E-state index contributed by atoms with van der Waals surface area (Å²) in [7, 11) is -2.42. The van der Waals surface area contributed by atoms with E-state index in [2.05, 4.69) is 10.0 Å². The number of rotatable bonds is 6. The first-order valence-electron chi connectivity index (χ1n) is 6.48. The molecule has 2 rings (SSSR count). The molecule has 0 aliphatic heterocycles. The summed E-state index contributed by atoms with van der Waals surface area (Å²) < 4.78 is 30.2. The molecule has 0 radical (unpaired) electrons. The average molecular weight is 343 g/mol. The Morgan fingerprint density at radius 2 is 2.05 bits per heavy atom. The number of hydrogen-bond acceptors (Lipinski definition) is 4. The lowest BCUT2D eigenvalue weighted by atomic mass is 10.1. The summed E-state index contributed by atoms with van der Waals surface area (Å²) in [6.07, 6.45) is 0.606. The largest absolute Gasteiger partial charge is 0.438 e. The van der Waals surface area contributed by atoms with Crippen LogP contribution in [-0.2, 0) is 16.4 Å². The van der Waals surface area contributed by atoms with E-state index in [-0.39, 0.29) is 10.9 Å². The number of carbonyl (C=O) groups excluding carboxylic acids is 1. The zero-order valence-electron chi connectivity index (χ0n) is 11.8. The van der Waals surface area contributed by atoms with Gasteiger partial charge in [-0.3, -0.25) is 4.79 Å². The predicted molar refractivity (Wildman–Crippen MR) is 82.4 cm³/mol. The number of furan rings is 1. The minimum atomic E-state index is -3.69. The van der Waals surface area contributed by atoms with Crippen LogP contribution >= 0.6 is 11.6 Å². The van der Waals surface area contributed by atoms with Gasteiger partial charge in [0, 0.05) is 11.6 Å². The highest BCUT2D eigenvalue weighted by molar-refractivity contribution is 7.89. The van der Waals surface area contributed by atoms with Gasteiger partial charge >= 0.3 is 0 Å². The summed E-state index contributed by atoms with van der Waals surface area (Å²) in [5.74, 6) is -0.528. The molecule has 2 aromatic rings.